The van der Waals surface area contributed by atoms with Crippen LogP contribution in [-0.4, -0.2) is 48.7 Å². The number of anilines is 1. The molecule has 0 aromatic heterocycles. The van der Waals surface area contributed by atoms with Crippen LogP contribution in [0.3, 0.4) is 0 Å². The summed E-state index contributed by atoms with van der Waals surface area (Å²) in [5.74, 6) is 0.604. The molecule has 4 N–H and O–H groups in total. The summed E-state index contributed by atoms with van der Waals surface area (Å²) in [6.07, 6.45) is 4.10. The molecule has 3 rings (SSSR count). The summed E-state index contributed by atoms with van der Waals surface area (Å²) >= 11 is 5.91. The quantitative estimate of drug-likeness (QED) is 0.286. The van der Waals surface area contributed by atoms with Gasteiger partial charge in [0.05, 0.1) is 17.7 Å². The number of ether oxygens (including phenoxy) is 1. The molecule has 0 aliphatic heterocycles. The molecule has 9 nitrogen and oxygen atoms in total. The molecule has 0 unspecified atom stereocenters. The summed E-state index contributed by atoms with van der Waals surface area (Å²) in [6, 6.07) is 21.3. The van der Waals surface area contributed by atoms with E-state index in [1.54, 1.807) is 25.3 Å². The van der Waals surface area contributed by atoms with E-state index >= 15 is 0 Å². The number of nitrogens with zero attached hydrogens (tertiary/aromatic N) is 1. The first kappa shape index (κ1) is 29.5. The molecule has 0 bridgehead atoms. The van der Waals surface area contributed by atoms with E-state index in [1.807, 2.05) is 55.6 Å². The van der Waals surface area contributed by atoms with Gasteiger partial charge in [-0.3, -0.25) is 9.62 Å². The predicted molar refractivity (Wildman–Crippen MR) is 141 cm³/mol. The van der Waals surface area contributed by atoms with E-state index in [0.717, 1.165) is 11.1 Å². The van der Waals surface area contributed by atoms with Gasteiger partial charge in [-0.05, 0) is 60.6 Å². The molecule has 0 heterocycles. The maximum Gasteiger partial charge on any atom is 0.466 e. The predicted octanol–water partition coefficient (Wildman–Crippen LogP) is 4.37. The van der Waals surface area contributed by atoms with Crippen molar-refractivity contribution < 1.29 is 32.4 Å². The zero-order valence-electron chi connectivity index (χ0n) is 19.7. The van der Waals surface area contributed by atoms with E-state index in [9.17, 15) is 8.42 Å². The van der Waals surface area contributed by atoms with E-state index in [1.165, 1.54) is 12.1 Å². The van der Waals surface area contributed by atoms with E-state index in [4.69, 9.17) is 35.6 Å². The van der Waals surface area contributed by atoms with Crippen molar-refractivity contribution in [1.82, 2.24) is 4.90 Å². The lowest BCUT2D eigenvalue weighted by Crippen LogP contribution is -2.20. The van der Waals surface area contributed by atoms with Crippen molar-refractivity contribution in [2.45, 2.75) is 11.4 Å². The Labute approximate surface area is 215 Å². The Kier molecular flexibility index (Phi) is 11.1. The molecule has 12 heteroatoms. The van der Waals surface area contributed by atoms with Crippen molar-refractivity contribution in [2.75, 3.05) is 25.4 Å². The number of rotatable bonds is 9. The summed E-state index contributed by atoms with van der Waals surface area (Å²) < 4.78 is 42.3. The van der Waals surface area contributed by atoms with E-state index in [2.05, 4.69) is 15.7 Å². The number of hydrogen-bond donors (Lipinski definition) is 4. The monoisotopic (exact) mass is 554 g/mol. The number of sulfonamides is 1. The van der Waals surface area contributed by atoms with Crippen LogP contribution in [0.25, 0.3) is 6.08 Å². The zero-order chi connectivity index (χ0) is 26.8. The lowest BCUT2D eigenvalue weighted by atomic mass is 10.1. The van der Waals surface area contributed by atoms with Gasteiger partial charge >= 0.3 is 7.82 Å². The molecule has 0 atom stereocenters. The molecule has 0 saturated heterocycles. The van der Waals surface area contributed by atoms with Gasteiger partial charge in [-0.2, -0.15) is 0 Å². The van der Waals surface area contributed by atoms with Gasteiger partial charge in [0, 0.05) is 18.1 Å². The Morgan fingerprint density at radius 2 is 1.58 bits per heavy atom. The van der Waals surface area contributed by atoms with Crippen molar-refractivity contribution in [1.29, 1.82) is 0 Å². The SMILES string of the molecule is COc1ccc(S(=O)(=O)Nc2ccccc2CN(C)C/C=C\c2ccc(Cl)cc2)cc1.O=P(O)(O)O. The van der Waals surface area contributed by atoms with E-state index in [0.29, 0.717) is 29.5 Å². The highest BCUT2D eigenvalue weighted by atomic mass is 35.5. The molecule has 194 valence electrons. The lowest BCUT2D eigenvalue weighted by Gasteiger charge is -2.18. The second-order valence-corrected chi connectivity index (χ2v) is 10.7. The van der Waals surface area contributed by atoms with Crippen molar-refractivity contribution >= 4 is 41.2 Å². The molecular weight excluding hydrogens is 527 g/mol. The molecule has 3 aromatic rings. The molecule has 3 aromatic carbocycles. The second kappa shape index (κ2) is 13.6. The van der Waals surface area contributed by atoms with E-state index < -0.39 is 17.8 Å². The summed E-state index contributed by atoms with van der Waals surface area (Å²) in [4.78, 5) is 23.8. The number of methoxy groups -OCH3 is 1. The van der Waals surface area contributed by atoms with E-state index in [-0.39, 0.29) is 4.90 Å². The maximum absolute atomic E-state index is 12.8. The molecule has 0 amide bonds. The van der Waals surface area contributed by atoms with Crippen molar-refractivity contribution in [3.8, 4) is 5.75 Å². The van der Waals surface area contributed by atoms with Crippen molar-refractivity contribution in [3.05, 3.63) is 95.0 Å². The minimum atomic E-state index is -4.64. The Morgan fingerprint density at radius 1 is 1.00 bits per heavy atom. The second-order valence-electron chi connectivity index (χ2n) is 7.60. The van der Waals surface area contributed by atoms with Crippen LogP contribution in [0, 0.1) is 0 Å². The van der Waals surface area contributed by atoms with Crippen molar-refractivity contribution in [2.24, 2.45) is 0 Å². The van der Waals surface area contributed by atoms with Gasteiger partial charge in [0.1, 0.15) is 5.75 Å². The molecule has 0 radical (unpaired) electrons. The summed E-state index contributed by atoms with van der Waals surface area (Å²) in [5, 5.41) is 0.711. The highest BCUT2D eigenvalue weighted by Crippen LogP contribution is 2.26. The highest BCUT2D eigenvalue weighted by Gasteiger charge is 2.16. The fourth-order valence-corrected chi connectivity index (χ4v) is 4.24. The Hall–Kier alpha value is -2.69. The Bertz CT molecular complexity index is 1290. The summed E-state index contributed by atoms with van der Waals surface area (Å²) in [7, 11) is -4.81. The first-order valence-electron chi connectivity index (χ1n) is 10.5. The van der Waals surface area contributed by atoms with Crippen LogP contribution in [0.15, 0.2) is 83.8 Å². The van der Waals surface area contributed by atoms with Crippen LogP contribution in [-0.2, 0) is 21.1 Å². The largest absolute Gasteiger partial charge is 0.497 e. The molecule has 0 spiro atoms. The minimum Gasteiger partial charge on any atom is -0.497 e. The topological polar surface area (TPSA) is 136 Å². The maximum atomic E-state index is 12.8. The fraction of sp³-hybridized carbons (Fsp3) is 0.167. The lowest BCUT2D eigenvalue weighted by molar-refractivity contribution is 0.275. The number of likely N-dealkylation sites (N-methyl/N-ethyl adjacent to an activating group) is 1. The third kappa shape index (κ3) is 10.9. The third-order valence-corrected chi connectivity index (χ3v) is 6.30. The van der Waals surface area contributed by atoms with Crippen LogP contribution in [0.4, 0.5) is 5.69 Å². The molecule has 0 aliphatic rings. The molecule has 0 fully saturated rings. The average Bonchev–Trinajstić information content (AvgIpc) is 2.80. The van der Waals surface area contributed by atoms with Crippen LogP contribution >= 0.6 is 19.4 Å². The summed E-state index contributed by atoms with van der Waals surface area (Å²) in [6.45, 7) is 1.30. The van der Waals surface area contributed by atoms with Gasteiger partial charge in [0.25, 0.3) is 10.0 Å². The van der Waals surface area contributed by atoms with Crippen LogP contribution in [0.2, 0.25) is 5.02 Å². The zero-order valence-corrected chi connectivity index (χ0v) is 22.1. The number of nitrogens with one attached hydrogen (secondary N) is 1. The molecular formula is C24H28ClN2O7PS. The normalized spacial score (nSPS) is 11.8. The Balaban J connectivity index is 0.000000830. The highest BCUT2D eigenvalue weighted by molar-refractivity contribution is 7.92. The van der Waals surface area contributed by atoms with Crippen LogP contribution < -0.4 is 9.46 Å². The first-order valence-corrected chi connectivity index (χ1v) is 13.9. The van der Waals surface area contributed by atoms with Crippen molar-refractivity contribution in [3.63, 3.8) is 0 Å². The number of hydrogen-bond acceptors (Lipinski definition) is 5. The smallest absolute Gasteiger partial charge is 0.466 e. The Morgan fingerprint density at radius 3 is 2.17 bits per heavy atom. The fourth-order valence-electron chi connectivity index (χ4n) is 3.01. The number of benzene rings is 3. The van der Waals surface area contributed by atoms with Gasteiger partial charge < -0.3 is 19.4 Å². The number of halogens is 1. The third-order valence-electron chi connectivity index (χ3n) is 4.67. The van der Waals surface area contributed by atoms with Crippen LogP contribution in [0.1, 0.15) is 11.1 Å². The van der Waals surface area contributed by atoms with Crippen LogP contribution in [0.5, 0.6) is 5.75 Å². The van der Waals surface area contributed by atoms with Gasteiger partial charge in [-0.15, -0.1) is 0 Å². The van der Waals surface area contributed by atoms with Gasteiger partial charge in [-0.1, -0.05) is 54.1 Å². The summed E-state index contributed by atoms with van der Waals surface area (Å²) in [5.41, 5.74) is 2.53. The van der Waals surface area contributed by atoms with Gasteiger partial charge in [0.15, 0.2) is 0 Å². The minimum absolute atomic E-state index is 0.183. The number of phosphoric acid groups is 1. The van der Waals surface area contributed by atoms with Gasteiger partial charge in [0.2, 0.25) is 0 Å². The standard InChI is InChI=1S/C24H25ClN2O3S.H3O4P/c1-27(17-5-6-19-9-11-21(25)12-10-19)18-20-7-3-4-8-24(20)26-31(28,29)23-15-13-22(30-2)14-16-23;1-5(2,3)4/h3-16,26H,17-18H2,1-2H3;(H3,1,2,3,4)/b6-5-;. The average molecular weight is 555 g/mol. The molecule has 0 aliphatic carbocycles. The molecule has 0 saturated carbocycles. The number of para-hydroxylation sites is 1. The molecule has 36 heavy (non-hydrogen) atoms. The first-order chi connectivity index (χ1) is 16.9. The van der Waals surface area contributed by atoms with Gasteiger partial charge in [-0.25, -0.2) is 13.0 Å².